The number of carbonyl (C=O) groups excluding carboxylic acids is 1. The highest BCUT2D eigenvalue weighted by Gasteiger charge is 2.30. The van der Waals surface area contributed by atoms with Crippen LogP contribution >= 0.6 is 0 Å². The van der Waals surface area contributed by atoms with E-state index in [4.69, 9.17) is 10.5 Å². The van der Waals surface area contributed by atoms with Crippen LogP contribution in [0, 0.1) is 6.92 Å². The first-order valence-corrected chi connectivity index (χ1v) is 5.58. The van der Waals surface area contributed by atoms with Gasteiger partial charge in [-0.05, 0) is 24.6 Å². The van der Waals surface area contributed by atoms with Crippen LogP contribution < -0.4 is 20.7 Å². The van der Waals surface area contributed by atoms with Crippen LogP contribution in [0.5, 0.6) is 5.75 Å². The first-order chi connectivity index (χ1) is 8.15. The van der Waals surface area contributed by atoms with Gasteiger partial charge in [-0.1, -0.05) is 6.07 Å². The van der Waals surface area contributed by atoms with E-state index in [0.29, 0.717) is 18.8 Å². The quantitative estimate of drug-likeness (QED) is 0.816. The van der Waals surface area contributed by atoms with E-state index < -0.39 is 0 Å². The van der Waals surface area contributed by atoms with Gasteiger partial charge in [-0.15, -0.1) is 0 Å². The number of aryl methyl sites for hydroxylation is 1. The van der Waals surface area contributed by atoms with Gasteiger partial charge >= 0.3 is 6.03 Å². The number of amides is 2. The summed E-state index contributed by atoms with van der Waals surface area (Å²) in [5.74, 6) is 0.698. The minimum Gasteiger partial charge on any atom is -0.495 e. The number of anilines is 1. The molecule has 1 aliphatic rings. The molecule has 1 unspecified atom stereocenters. The van der Waals surface area contributed by atoms with Crippen LogP contribution in [0.4, 0.5) is 10.5 Å². The maximum Gasteiger partial charge on any atom is 0.322 e. The molecule has 0 saturated carbocycles. The second kappa shape index (κ2) is 4.63. The van der Waals surface area contributed by atoms with Crippen molar-refractivity contribution in [2.75, 3.05) is 25.1 Å². The molecule has 5 heteroatoms. The fourth-order valence-electron chi connectivity index (χ4n) is 1.95. The second-order valence-electron chi connectivity index (χ2n) is 4.17. The molecule has 2 amide bonds. The minimum absolute atomic E-state index is 0.00715. The Morgan fingerprint density at radius 2 is 2.35 bits per heavy atom. The van der Waals surface area contributed by atoms with Gasteiger partial charge in [0.05, 0.1) is 18.8 Å². The van der Waals surface area contributed by atoms with E-state index in [1.807, 2.05) is 25.1 Å². The molecule has 1 aromatic rings. The Bertz CT molecular complexity index is 434. The summed E-state index contributed by atoms with van der Waals surface area (Å²) in [7, 11) is 1.60. The Morgan fingerprint density at radius 1 is 1.59 bits per heavy atom. The van der Waals surface area contributed by atoms with Gasteiger partial charge in [0.1, 0.15) is 5.75 Å². The molecule has 5 nitrogen and oxygen atoms in total. The van der Waals surface area contributed by atoms with Crippen molar-refractivity contribution in [2.45, 2.75) is 13.0 Å². The third kappa shape index (κ3) is 2.19. The van der Waals surface area contributed by atoms with E-state index in [0.717, 1.165) is 11.3 Å². The molecule has 92 valence electrons. The van der Waals surface area contributed by atoms with Crippen molar-refractivity contribution in [1.29, 1.82) is 0 Å². The number of hydrogen-bond donors (Lipinski definition) is 2. The third-order valence-corrected chi connectivity index (χ3v) is 2.89. The van der Waals surface area contributed by atoms with Crippen molar-refractivity contribution in [3.05, 3.63) is 23.8 Å². The summed E-state index contributed by atoms with van der Waals surface area (Å²) in [5.41, 5.74) is 7.44. The summed E-state index contributed by atoms with van der Waals surface area (Å²) in [5, 5.41) is 2.83. The number of nitrogens with one attached hydrogen (secondary N) is 1. The van der Waals surface area contributed by atoms with Gasteiger partial charge in [-0.2, -0.15) is 0 Å². The van der Waals surface area contributed by atoms with E-state index in [9.17, 15) is 4.79 Å². The summed E-state index contributed by atoms with van der Waals surface area (Å²) >= 11 is 0. The van der Waals surface area contributed by atoms with E-state index in [2.05, 4.69) is 5.32 Å². The Hall–Kier alpha value is -1.75. The van der Waals surface area contributed by atoms with Crippen LogP contribution in [0.3, 0.4) is 0 Å². The van der Waals surface area contributed by atoms with E-state index in [1.165, 1.54) is 0 Å². The highest BCUT2D eigenvalue weighted by molar-refractivity contribution is 5.96. The molecule has 1 heterocycles. The average Bonchev–Trinajstić information content (AvgIpc) is 2.70. The minimum atomic E-state index is -0.121. The number of ether oxygens (including phenoxy) is 1. The number of benzene rings is 1. The number of rotatable bonds is 3. The monoisotopic (exact) mass is 235 g/mol. The number of carbonyl (C=O) groups is 1. The van der Waals surface area contributed by atoms with Crippen LogP contribution in [-0.4, -0.2) is 32.3 Å². The number of nitrogens with two attached hydrogens (primary N) is 1. The van der Waals surface area contributed by atoms with Gasteiger partial charge in [0, 0.05) is 13.1 Å². The molecular formula is C12H17N3O2. The molecular weight excluding hydrogens is 218 g/mol. The Balaban J connectivity index is 2.33. The molecule has 2 rings (SSSR count). The Morgan fingerprint density at radius 3 is 2.94 bits per heavy atom. The molecule has 17 heavy (non-hydrogen) atoms. The van der Waals surface area contributed by atoms with Crippen molar-refractivity contribution in [3.63, 3.8) is 0 Å². The summed E-state index contributed by atoms with van der Waals surface area (Å²) in [6.45, 7) is 3.00. The van der Waals surface area contributed by atoms with Gasteiger partial charge in [-0.25, -0.2) is 4.79 Å². The number of hydrogen-bond acceptors (Lipinski definition) is 3. The maximum absolute atomic E-state index is 11.8. The lowest BCUT2D eigenvalue weighted by Crippen LogP contribution is -2.33. The maximum atomic E-state index is 11.8. The van der Waals surface area contributed by atoms with Gasteiger partial charge in [0.15, 0.2) is 0 Å². The third-order valence-electron chi connectivity index (χ3n) is 2.89. The summed E-state index contributed by atoms with van der Waals surface area (Å²) in [6, 6.07) is 5.65. The van der Waals surface area contributed by atoms with Crippen molar-refractivity contribution < 1.29 is 9.53 Å². The molecule has 0 radical (unpaired) electrons. The summed E-state index contributed by atoms with van der Waals surface area (Å²) in [4.78, 5) is 13.5. The molecule has 0 aromatic heterocycles. The first kappa shape index (κ1) is 11.7. The lowest BCUT2D eigenvalue weighted by atomic mass is 10.2. The molecule has 3 N–H and O–H groups in total. The molecule has 1 atom stereocenters. The van der Waals surface area contributed by atoms with Crippen molar-refractivity contribution in [1.82, 2.24) is 5.32 Å². The lowest BCUT2D eigenvalue weighted by molar-refractivity contribution is 0.250. The standard InChI is InChI=1S/C12H17N3O2/c1-8-3-4-11(17-2)10(5-8)15-7-9(6-13)14-12(15)16/h3-5,9H,6-7,13H2,1-2H3,(H,14,16). The van der Waals surface area contributed by atoms with E-state index >= 15 is 0 Å². The van der Waals surface area contributed by atoms with Gasteiger partial charge in [0.2, 0.25) is 0 Å². The molecule has 1 aliphatic heterocycles. The topological polar surface area (TPSA) is 67.6 Å². The zero-order chi connectivity index (χ0) is 12.4. The largest absolute Gasteiger partial charge is 0.495 e. The first-order valence-electron chi connectivity index (χ1n) is 5.58. The van der Waals surface area contributed by atoms with E-state index in [1.54, 1.807) is 12.0 Å². The molecule has 0 bridgehead atoms. The van der Waals surface area contributed by atoms with E-state index in [-0.39, 0.29) is 12.1 Å². The van der Waals surface area contributed by atoms with Gasteiger partial charge in [0.25, 0.3) is 0 Å². The van der Waals surface area contributed by atoms with Crippen LogP contribution in [0.25, 0.3) is 0 Å². The van der Waals surface area contributed by atoms with Crippen molar-refractivity contribution >= 4 is 11.7 Å². The van der Waals surface area contributed by atoms with Gasteiger partial charge in [-0.3, -0.25) is 4.90 Å². The van der Waals surface area contributed by atoms with Crippen LogP contribution in [0.15, 0.2) is 18.2 Å². The predicted molar refractivity (Wildman–Crippen MR) is 66.5 cm³/mol. The Labute approximate surface area is 101 Å². The normalized spacial score (nSPS) is 19.4. The zero-order valence-corrected chi connectivity index (χ0v) is 10.1. The molecule has 1 saturated heterocycles. The number of nitrogens with zero attached hydrogens (tertiary/aromatic N) is 1. The second-order valence-corrected chi connectivity index (χ2v) is 4.17. The summed E-state index contributed by atoms with van der Waals surface area (Å²) in [6.07, 6.45) is 0. The SMILES string of the molecule is COc1ccc(C)cc1N1CC(CN)NC1=O. The van der Waals surface area contributed by atoms with Crippen molar-refractivity contribution in [3.8, 4) is 5.75 Å². The number of methoxy groups -OCH3 is 1. The molecule has 0 aliphatic carbocycles. The highest BCUT2D eigenvalue weighted by atomic mass is 16.5. The highest BCUT2D eigenvalue weighted by Crippen LogP contribution is 2.30. The Kier molecular flexibility index (Phi) is 3.19. The fraction of sp³-hybridized carbons (Fsp3) is 0.417. The molecule has 0 spiro atoms. The molecule has 1 fully saturated rings. The summed E-state index contributed by atoms with van der Waals surface area (Å²) < 4.78 is 5.28. The number of urea groups is 1. The smallest absolute Gasteiger partial charge is 0.322 e. The van der Waals surface area contributed by atoms with Crippen LogP contribution in [0.1, 0.15) is 5.56 Å². The average molecular weight is 235 g/mol. The van der Waals surface area contributed by atoms with Crippen LogP contribution in [0.2, 0.25) is 0 Å². The fourth-order valence-corrected chi connectivity index (χ4v) is 1.95. The van der Waals surface area contributed by atoms with Gasteiger partial charge < -0.3 is 15.8 Å². The predicted octanol–water partition coefficient (Wildman–Crippen LogP) is 0.861. The van der Waals surface area contributed by atoms with Crippen LogP contribution in [-0.2, 0) is 0 Å². The lowest BCUT2D eigenvalue weighted by Gasteiger charge is -2.18. The van der Waals surface area contributed by atoms with Crippen molar-refractivity contribution in [2.24, 2.45) is 5.73 Å². The molecule has 1 aromatic carbocycles. The zero-order valence-electron chi connectivity index (χ0n) is 10.1.